The van der Waals surface area contributed by atoms with Gasteiger partial charge in [-0.2, -0.15) is 0 Å². The molecule has 0 spiro atoms. The quantitative estimate of drug-likeness (QED) is 0.822. The number of likely N-dealkylation sites (tertiary alicyclic amines) is 1. The lowest BCUT2D eigenvalue weighted by Crippen LogP contribution is -2.60. The molecule has 118 valence electrons. The molecule has 2 bridgehead atoms. The molecule has 4 unspecified atom stereocenters. The summed E-state index contributed by atoms with van der Waals surface area (Å²) in [6.45, 7) is 4.44. The van der Waals surface area contributed by atoms with Gasteiger partial charge >= 0.3 is 12.0 Å². The van der Waals surface area contributed by atoms with Crippen LogP contribution in [0, 0.1) is 17.3 Å². The predicted molar refractivity (Wildman–Crippen MR) is 78.9 cm³/mol. The summed E-state index contributed by atoms with van der Waals surface area (Å²) in [5.41, 5.74) is -0.365. The lowest BCUT2D eigenvalue weighted by atomic mass is 9.76. The number of amides is 2. The van der Waals surface area contributed by atoms with Gasteiger partial charge in [0.15, 0.2) is 0 Å². The Kier molecular flexibility index (Phi) is 3.62. The molecule has 0 aromatic carbocycles. The van der Waals surface area contributed by atoms with Crippen molar-refractivity contribution in [2.75, 3.05) is 6.54 Å². The molecule has 1 heterocycles. The van der Waals surface area contributed by atoms with Gasteiger partial charge in [-0.25, -0.2) is 9.59 Å². The first-order valence-electron chi connectivity index (χ1n) is 8.18. The van der Waals surface area contributed by atoms with Crippen molar-refractivity contribution in [1.29, 1.82) is 0 Å². The molecular formula is C16H26N2O3. The average Bonchev–Trinajstić information content (AvgIpc) is 2.98. The number of urea groups is 1. The summed E-state index contributed by atoms with van der Waals surface area (Å²) in [7, 11) is 0. The van der Waals surface area contributed by atoms with Gasteiger partial charge in [-0.05, 0) is 49.4 Å². The fraction of sp³-hybridized carbons (Fsp3) is 0.875. The number of nitrogens with one attached hydrogen (secondary N) is 1. The number of fused-ring (bicyclic) bond motifs is 2. The smallest absolute Gasteiger partial charge is 0.327 e. The van der Waals surface area contributed by atoms with Crippen molar-refractivity contribution in [3.05, 3.63) is 0 Å². The Hall–Kier alpha value is -1.26. The van der Waals surface area contributed by atoms with Crippen LogP contribution in [0.15, 0.2) is 0 Å². The number of hydrogen-bond donors (Lipinski definition) is 2. The minimum atomic E-state index is -0.886. The Morgan fingerprint density at radius 3 is 2.57 bits per heavy atom. The van der Waals surface area contributed by atoms with Gasteiger partial charge in [0.25, 0.3) is 0 Å². The van der Waals surface area contributed by atoms with Crippen molar-refractivity contribution in [3.63, 3.8) is 0 Å². The third kappa shape index (κ3) is 2.62. The molecule has 2 amide bonds. The van der Waals surface area contributed by atoms with Crippen LogP contribution in [0.1, 0.15) is 52.4 Å². The van der Waals surface area contributed by atoms with Gasteiger partial charge in [-0.3, -0.25) is 0 Å². The minimum absolute atomic E-state index is 0.173. The van der Waals surface area contributed by atoms with E-state index in [1.807, 2.05) is 13.8 Å². The minimum Gasteiger partial charge on any atom is -0.480 e. The van der Waals surface area contributed by atoms with E-state index in [9.17, 15) is 14.7 Å². The molecule has 0 aromatic heterocycles. The summed E-state index contributed by atoms with van der Waals surface area (Å²) in [6, 6.07) is -0.631. The van der Waals surface area contributed by atoms with Crippen LogP contribution in [0.3, 0.4) is 0 Å². The molecule has 2 aliphatic carbocycles. The van der Waals surface area contributed by atoms with Crippen LogP contribution >= 0.6 is 0 Å². The molecule has 0 radical (unpaired) electrons. The molecule has 2 N–H and O–H groups in total. The summed E-state index contributed by atoms with van der Waals surface area (Å²) < 4.78 is 0. The molecule has 1 saturated heterocycles. The zero-order valence-corrected chi connectivity index (χ0v) is 13.0. The van der Waals surface area contributed by atoms with Crippen LogP contribution in [0.25, 0.3) is 0 Å². The average molecular weight is 294 g/mol. The van der Waals surface area contributed by atoms with Crippen LogP contribution in [0.5, 0.6) is 0 Å². The van der Waals surface area contributed by atoms with Crippen molar-refractivity contribution in [1.82, 2.24) is 10.2 Å². The van der Waals surface area contributed by atoms with Gasteiger partial charge in [-0.1, -0.05) is 20.3 Å². The Balaban J connectivity index is 1.69. The molecular weight excluding hydrogens is 268 g/mol. The first-order chi connectivity index (χ1) is 9.88. The second kappa shape index (κ2) is 5.18. The Morgan fingerprint density at radius 2 is 2.00 bits per heavy atom. The molecule has 3 aliphatic rings. The number of hydrogen-bond acceptors (Lipinski definition) is 2. The van der Waals surface area contributed by atoms with E-state index < -0.39 is 12.0 Å². The van der Waals surface area contributed by atoms with Gasteiger partial charge in [0.05, 0.1) is 0 Å². The fourth-order valence-electron chi connectivity index (χ4n) is 4.74. The molecule has 1 aliphatic heterocycles. The molecule has 3 rings (SSSR count). The van der Waals surface area contributed by atoms with Crippen molar-refractivity contribution < 1.29 is 14.7 Å². The third-order valence-electron chi connectivity index (χ3n) is 5.81. The van der Waals surface area contributed by atoms with E-state index in [1.54, 1.807) is 4.90 Å². The Labute approximate surface area is 126 Å². The first kappa shape index (κ1) is 14.7. The van der Waals surface area contributed by atoms with E-state index in [0.29, 0.717) is 12.5 Å². The second-order valence-electron chi connectivity index (χ2n) is 7.76. The van der Waals surface area contributed by atoms with Crippen LogP contribution in [-0.4, -0.2) is 40.6 Å². The van der Waals surface area contributed by atoms with E-state index in [-0.39, 0.29) is 17.5 Å². The SMILES string of the molecule is CC1(C)CCCN(C(=O)NC2CC3CCC2C3)C1C(=O)O. The molecule has 21 heavy (non-hydrogen) atoms. The fourth-order valence-corrected chi connectivity index (χ4v) is 4.74. The standard InChI is InChI=1S/C16H26N2O3/c1-16(2)6-3-7-18(13(16)14(19)20)15(21)17-12-9-10-4-5-11(12)8-10/h10-13H,3-9H2,1-2H3,(H,17,21)(H,19,20). The largest absolute Gasteiger partial charge is 0.480 e. The molecule has 3 fully saturated rings. The first-order valence-corrected chi connectivity index (χ1v) is 8.18. The lowest BCUT2D eigenvalue weighted by Gasteiger charge is -2.44. The van der Waals surface area contributed by atoms with Crippen LogP contribution in [0.2, 0.25) is 0 Å². The zero-order valence-electron chi connectivity index (χ0n) is 13.0. The summed E-state index contributed by atoms with van der Waals surface area (Å²) >= 11 is 0. The zero-order chi connectivity index (χ0) is 15.2. The van der Waals surface area contributed by atoms with Crippen LogP contribution in [-0.2, 0) is 4.79 Å². The third-order valence-corrected chi connectivity index (χ3v) is 5.81. The lowest BCUT2D eigenvalue weighted by molar-refractivity contribution is -0.148. The highest BCUT2D eigenvalue weighted by Crippen LogP contribution is 2.44. The monoisotopic (exact) mass is 294 g/mol. The summed E-state index contributed by atoms with van der Waals surface area (Å²) in [5, 5.41) is 12.7. The van der Waals surface area contributed by atoms with E-state index >= 15 is 0 Å². The van der Waals surface area contributed by atoms with E-state index in [0.717, 1.165) is 25.2 Å². The highest BCUT2D eigenvalue weighted by Gasteiger charge is 2.46. The van der Waals surface area contributed by atoms with Crippen LogP contribution in [0.4, 0.5) is 4.79 Å². The molecule has 0 aromatic rings. The number of rotatable bonds is 2. The topological polar surface area (TPSA) is 69.6 Å². The van der Waals surface area contributed by atoms with E-state index in [2.05, 4.69) is 5.32 Å². The molecule has 4 atom stereocenters. The normalized spacial score (nSPS) is 37.5. The Bertz CT molecular complexity index is 449. The predicted octanol–water partition coefficient (Wildman–Crippen LogP) is 2.46. The van der Waals surface area contributed by atoms with Crippen molar-refractivity contribution >= 4 is 12.0 Å². The number of carboxylic acid groups (broad SMARTS) is 1. The molecule has 5 nitrogen and oxygen atoms in total. The van der Waals surface area contributed by atoms with E-state index in [4.69, 9.17) is 0 Å². The summed E-state index contributed by atoms with van der Waals surface area (Å²) in [5.74, 6) is 0.496. The van der Waals surface area contributed by atoms with Gasteiger partial charge in [-0.15, -0.1) is 0 Å². The van der Waals surface area contributed by atoms with Crippen molar-refractivity contribution in [2.24, 2.45) is 17.3 Å². The highest BCUT2D eigenvalue weighted by atomic mass is 16.4. The molecule has 2 saturated carbocycles. The summed E-state index contributed by atoms with van der Waals surface area (Å²) in [4.78, 5) is 25.8. The van der Waals surface area contributed by atoms with Gasteiger partial charge in [0.1, 0.15) is 6.04 Å². The maximum absolute atomic E-state index is 12.6. The van der Waals surface area contributed by atoms with E-state index in [1.165, 1.54) is 19.3 Å². The van der Waals surface area contributed by atoms with Crippen molar-refractivity contribution in [2.45, 2.75) is 64.5 Å². The van der Waals surface area contributed by atoms with Gasteiger partial charge in [0, 0.05) is 12.6 Å². The Morgan fingerprint density at radius 1 is 1.24 bits per heavy atom. The van der Waals surface area contributed by atoms with Crippen molar-refractivity contribution in [3.8, 4) is 0 Å². The maximum atomic E-state index is 12.6. The number of carbonyl (C=O) groups excluding carboxylic acids is 1. The van der Waals surface area contributed by atoms with Crippen LogP contribution < -0.4 is 5.32 Å². The number of aliphatic carboxylic acids is 1. The summed E-state index contributed by atoms with van der Waals surface area (Å²) in [6.07, 6.45) is 6.54. The number of carbonyl (C=O) groups is 2. The maximum Gasteiger partial charge on any atom is 0.327 e. The number of piperidine rings is 1. The highest BCUT2D eigenvalue weighted by molar-refractivity contribution is 5.83. The molecule has 5 heteroatoms. The van der Waals surface area contributed by atoms with Gasteiger partial charge in [0.2, 0.25) is 0 Å². The van der Waals surface area contributed by atoms with Gasteiger partial charge < -0.3 is 15.3 Å². The number of carboxylic acids is 1. The second-order valence-corrected chi connectivity index (χ2v) is 7.76. The number of nitrogens with zero attached hydrogens (tertiary/aromatic N) is 1.